The molecule has 0 aliphatic carbocycles. The number of anilines is 1. The number of sulfonamides is 1. The van der Waals surface area contributed by atoms with E-state index in [0.717, 1.165) is 14.9 Å². The molecule has 0 bridgehead atoms. The third kappa shape index (κ3) is 3.41. The summed E-state index contributed by atoms with van der Waals surface area (Å²) in [5, 5.41) is 0. The predicted octanol–water partition coefficient (Wildman–Crippen LogP) is 3.64. The van der Waals surface area contributed by atoms with E-state index in [0.29, 0.717) is 5.69 Å². The van der Waals surface area contributed by atoms with Gasteiger partial charge in [-0.25, -0.2) is 8.42 Å². The van der Waals surface area contributed by atoms with Crippen molar-refractivity contribution in [2.45, 2.75) is 24.1 Å². The quantitative estimate of drug-likeness (QED) is 0.857. The van der Waals surface area contributed by atoms with E-state index >= 15 is 0 Å². The van der Waals surface area contributed by atoms with Crippen LogP contribution in [0.15, 0.2) is 38.3 Å². The van der Waals surface area contributed by atoms with Crippen LogP contribution < -0.4 is 10.5 Å². The molecule has 0 radical (unpaired) electrons. The third-order valence-corrected chi connectivity index (χ3v) is 6.78. The summed E-state index contributed by atoms with van der Waals surface area (Å²) in [6, 6.07) is 8.64. The molecule has 0 amide bonds. The molecule has 0 saturated heterocycles. The molecule has 7 heteroatoms. The van der Waals surface area contributed by atoms with Crippen molar-refractivity contribution in [3.63, 3.8) is 0 Å². The Morgan fingerprint density at radius 3 is 2.35 bits per heavy atom. The number of aryl methyl sites for hydroxylation is 1. The molecule has 20 heavy (non-hydrogen) atoms. The topological polar surface area (TPSA) is 72.2 Å². The molecule has 0 saturated carbocycles. The average Bonchev–Trinajstić information content (AvgIpc) is 2.71. The van der Waals surface area contributed by atoms with E-state index in [9.17, 15) is 8.42 Å². The first-order valence-corrected chi connectivity index (χ1v) is 9.03. The van der Waals surface area contributed by atoms with Crippen molar-refractivity contribution >= 4 is 43.0 Å². The van der Waals surface area contributed by atoms with Gasteiger partial charge >= 0.3 is 0 Å². The maximum Gasteiger partial charge on any atom is 0.271 e. The number of hydrogen-bond acceptors (Lipinski definition) is 4. The Balaban J connectivity index is 2.24. The van der Waals surface area contributed by atoms with Crippen LogP contribution in [0.1, 0.15) is 24.1 Å². The Morgan fingerprint density at radius 1 is 1.30 bits per heavy atom. The highest BCUT2D eigenvalue weighted by Crippen LogP contribution is 2.31. The largest absolute Gasteiger partial charge is 0.324 e. The number of nitrogens with one attached hydrogen (secondary N) is 1. The monoisotopic (exact) mass is 374 g/mol. The van der Waals surface area contributed by atoms with Crippen molar-refractivity contribution in [2.75, 3.05) is 4.72 Å². The minimum atomic E-state index is -3.54. The molecule has 0 spiro atoms. The lowest BCUT2D eigenvalue weighted by atomic mass is 10.1. The molecule has 1 unspecified atom stereocenters. The van der Waals surface area contributed by atoms with E-state index in [2.05, 4.69) is 20.7 Å². The van der Waals surface area contributed by atoms with Crippen molar-refractivity contribution in [1.82, 2.24) is 0 Å². The molecule has 1 atom stereocenters. The zero-order valence-electron chi connectivity index (χ0n) is 11.1. The van der Waals surface area contributed by atoms with Gasteiger partial charge in [-0.15, -0.1) is 11.3 Å². The van der Waals surface area contributed by atoms with Crippen LogP contribution in [0.2, 0.25) is 0 Å². The van der Waals surface area contributed by atoms with E-state index in [1.165, 1.54) is 11.3 Å². The fourth-order valence-corrected chi connectivity index (χ4v) is 4.91. The molecule has 1 heterocycles. The zero-order chi connectivity index (χ0) is 14.9. The lowest BCUT2D eigenvalue weighted by Gasteiger charge is -2.09. The Morgan fingerprint density at radius 2 is 1.90 bits per heavy atom. The lowest BCUT2D eigenvalue weighted by Crippen LogP contribution is -2.11. The molecule has 2 rings (SSSR count). The summed E-state index contributed by atoms with van der Waals surface area (Å²) in [7, 11) is -3.54. The van der Waals surface area contributed by atoms with Crippen LogP contribution in [-0.2, 0) is 10.0 Å². The molecule has 108 valence electrons. The minimum absolute atomic E-state index is 0.0726. The second-order valence-corrected chi connectivity index (χ2v) is 8.82. The van der Waals surface area contributed by atoms with E-state index in [1.807, 2.05) is 26.0 Å². The number of hydrogen-bond donors (Lipinski definition) is 2. The first-order valence-electron chi connectivity index (χ1n) is 5.94. The van der Waals surface area contributed by atoms with Gasteiger partial charge in [0.25, 0.3) is 10.0 Å². The van der Waals surface area contributed by atoms with E-state index in [1.54, 1.807) is 18.2 Å². The molecule has 3 N–H and O–H groups in total. The van der Waals surface area contributed by atoms with Gasteiger partial charge in [0.15, 0.2) is 0 Å². The van der Waals surface area contributed by atoms with E-state index in [4.69, 9.17) is 5.73 Å². The first-order chi connectivity index (χ1) is 9.29. The fourth-order valence-electron chi connectivity index (χ4n) is 1.62. The lowest BCUT2D eigenvalue weighted by molar-refractivity contribution is 0.603. The van der Waals surface area contributed by atoms with Gasteiger partial charge in [-0.1, -0.05) is 12.1 Å². The van der Waals surface area contributed by atoms with Gasteiger partial charge in [0.1, 0.15) is 4.21 Å². The van der Waals surface area contributed by atoms with Crippen LogP contribution in [0.3, 0.4) is 0 Å². The van der Waals surface area contributed by atoms with Crippen LogP contribution in [0.25, 0.3) is 0 Å². The first kappa shape index (κ1) is 15.5. The zero-order valence-corrected chi connectivity index (χ0v) is 14.3. The van der Waals surface area contributed by atoms with Gasteiger partial charge in [-0.05, 0) is 59.1 Å². The number of rotatable bonds is 4. The van der Waals surface area contributed by atoms with Crippen molar-refractivity contribution in [2.24, 2.45) is 5.73 Å². The van der Waals surface area contributed by atoms with Gasteiger partial charge in [-0.2, -0.15) is 0 Å². The van der Waals surface area contributed by atoms with Crippen molar-refractivity contribution in [3.05, 3.63) is 45.2 Å². The third-order valence-electron chi connectivity index (χ3n) is 2.79. The summed E-state index contributed by atoms with van der Waals surface area (Å²) >= 11 is 4.53. The maximum atomic E-state index is 12.2. The Bertz CT molecular complexity index is 687. The standard InChI is InChI=1S/C13H15BrN2O2S2/c1-8-7-12(19-13(8)14)20(17,18)16-11-5-3-10(4-6-11)9(2)15/h3-7,9,16H,15H2,1-2H3. The van der Waals surface area contributed by atoms with Crippen LogP contribution in [0.4, 0.5) is 5.69 Å². The normalized spacial score (nSPS) is 13.2. The number of halogens is 1. The molecule has 2 aromatic rings. The van der Waals surface area contributed by atoms with Gasteiger partial charge < -0.3 is 5.73 Å². The minimum Gasteiger partial charge on any atom is -0.324 e. The Labute approximate surface area is 131 Å². The Kier molecular flexibility index (Phi) is 4.53. The Hall–Kier alpha value is -0.890. The second kappa shape index (κ2) is 5.85. The molecule has 0 aliphatic heterocycles. The molecular weight excluding hydrogens is 360 g/mol. The maximum absolute atomic E-state index is 12.2. The van der Waals surface area contributed by atoms with Crippen LogP contribution in [-0.4, -0.2) is 8.42 Å². The fraction of sp³-hybridized carbons (Fsp3) is 0.231. The van der Waals surface area contributed by atoms with Crippen molar-refractivity contribution < 1.29 is 8.42 Å². The predicted molar refractivity (Wildman–Crippen MR) is 86.6 cm³/mol. The highest BCUT2D eigenvalue weighted by atomic mass is 79.9. The molecule has 0 fully saturated rings. The molecular formula is C13H15BrN2O2S2. The summed E-state index contributed by atoms with van der Waals surface area (Å²) in [4.78, 5) is 0. The van der Waals surface area contributed by atoms with Gasteiger partial charge in [-0.3, -0.25) is 4.72 Å². The molecule has 1 aromatic heterocycles. The van der Waals surface area contributed by atoms with Gasteiger partial charge in [0.05, 0.1) is 3.79 Å². The van der Waals surface area contributed by atoms with E-state index < -0.39 is 10.0 Å². The van der Waals surface area contributed by atoms with Gasteiger partial charge in [0.2, 0.25) is 0 Å². The van der Waals surface area contributed by atoms with Crippen LogP contribution in [0, 0.1) is 6.92 Å². The second-order valence-electron chi connectivity index (χ2n) is 4.54. The summed E-state index contributed by atoms with van der Waals surface area (Å²) in [5.74, 6) is 0. The highest BCUT2D eigenvalue weighted by Gasteiger charge is 2.18. The SMILES string of the molecule is Cc1cc(S(=O)(=O)Nc2ccc(C(C)N)cc2)sc1Br. The van der Waals surface area contributed by atoms with Crippen LogP contribution >= 0.6 is 27.3 Å². The van der Waals surface area contributed by atoms with Gasteiger partial charge in [0, 0.05) is 11.7 Å². The van der Waals surface area contributed by atoms with Crippen LogP contribution in [0.5, 0.6) is 0 Å². The van der Waals surface area contributed by atoms with Crippen molar-refractivity contribution in [1.29, 1.82) is 0 Å². The smallest absolute Gasteiger partial charge is 0.271 e. The molecule has 1 aromatic carbocycles. The summed E-state index contributed by atoms with van der Waals surface area (Å²) in [6.45, 7) is 3.74. The highest BCUT2D eigenvalue weighted by molar-refractivity contribution is 9.11. The summed E-state index contributed by atoms with van der Waals surface area (Å²) in [5.41, 5.74) is 8.15. The number of nitrogens with two attached hydrogens (primary N) is 1. The molecule has 0 aliphatic rings. The van der Waals surface area contributed by atoms with Crippen molar-refractivity contribution in [3.8, 4) is 0 Å². The summed E-state index contributed by atoms with van der Waals surface area (Å²) < 4.78 is 28.2. The number of benzene rings is 1. The summed E-state index contributed by atoms with van der Waals surface area (Å²) in [6.07, 6.45) is 0. The average molecular weight is 375 g/mol. The number of thiophene rings is 1. The molecule has 4 nitrogen and oxygen atoms in total. The van der Waals surface area contributed by atoms with E-state index in [-0.39, 0.29) is 10.3 Å².